The Bertz CT molecular complexity index is 1110. The van der Waals surface area contributed by atoms with E-state index in [2.05, 4.69) is 9.84 Å². The Morgan fingerprint density at radius 2 is 1.86 bits per heavy atom. The summed E-state index contributed by atoms with van der Waals surface area (Å²) in [6, 6.07) is 9.00. The molecule has 1 heterocycles. The second-order valence-electron chi connectivity index (χ2n) is 5.95. The maximum absolute atomic E-state index is 14.4. The number of hydrogen-bond acceptors (Lipinski definition) is 5. The van der Waals surface area contributed by atoms with Gasteiger partial charge in [0.2, 0.25) is 5.88 Å². The molecule has 2 aromatic carbocycles. The molecule has 0 aliphatic rings. The zero-order valence-corrected chi connectivity index (χ0v) is 15.2. The van der Waals surface area contributed by atoms with Crippen molar-refractivity contribution in [3.05, 3.63) is 76.7 Å². The molecule has 0 spiro atoms. The third-order valence-electron chi connectivity index (χ3n) is 4.05. The van der Waals surface area contributed by atoms with E-state index in [1.54, 1.807) is 0 Å². The Kier molecular flexibility index (Phi) is 5.83. The first-order valence-electron chi connectivity index (χ1n) is 8.33. The molecule has 0 atom stereocenters. The van der Waals surface area contributed by atoms with Gasteiger partial charge in [-0.15, -0.1) is 5.10 Å². The molecule has 0 fully saturated rings. The number of methoxy groups -OCH3 is 1. The summed E-state index contributed by atoms with van der Waals surface area (Å²) < 4.78 is 53.3. The highest BCUT2D eigenvalue weighted by molar-refractivity contribution is 5.72. The van der Waals surface area contributed by atoms with Gasteiger partial charge >= 0.3 is 5.97 Å². The first-order valence-corrected chi connectivity index (χ1v) is 8.33. The Hall–Kier alpha value is -3.80. The highest BCUT2D eigenvalue weighted by Crippen LogP contribution is 2.21. The third-order valence-corrected chi connectivity index (χ3v) is 4.05. The van der Waals surface area contributed by atoms with Crippen molar-refractivity contribution in [1.29, 1.82) is 5.26 Å². The number of nitrogens with zero attached hydrogens (tertiary/aromatic N) is 3. The van der Waals surface area contributed by atoms with Crippen LogP contribution >= 0.6 is 0 Å². The van der Waals surface area contributed by atoms with E-state index in [9.17, 15) is 18.0 Å². The lowest BCUT2D eigenvalue weighted by Gasteiger charge is -2.08. The van der Waals surface area contributed by atoms with Crippen LogP contribution in [0.2, 0.25) is 0 Å². The van der Waals surface area contributed by atoms with E-state index < -0.39 is 29.8 Å². The van der Waals surface area contributed by atoms with Crippen molar-refractivity contribution in [1.82, 2.24) is 9.78 Å². The van der Waals surface area contributed by atoms with Crippen molar-refractivity contribution in [2.45, 2.75) is 13.0 Å². The summed E-state index contributed by atoms with van der Waals surface area (Å²) in [5.74, 6) is -2.81. The standard InChI is InChI=1S/C20H14F3N3O3/c1-28-20(27)8-14-7-17(23)18(9-16(14)22)26-5-4-19(25-26)29-11-13-3-2-12(10-24)6-15(13)21/h2-7,9H,8,11H2,1H3. The predicted molar refractivity (Wildman–Crippen MR) is 94.6 cm³/mol. The topological polar surface area (TPSA) is 77.1 Å². The average molecular weight is 401 g/mol. The maximum atomic E-state index is 14.4. The largest absolute Gasteiger partial charge is 0.472 e. The molecule has 6 nitrogen and oxygen atoms in total. The number of hydrogen-bond donors (Lipinski definition) is 0. The third kappa shape index (κ3) is 4.55. The summed E-state index contributed by atoms with van der Waals surface area (Å²) in [5, 5.41) is 12.7. The van der Waals surface area contributed by atoms with Crippen LogP contribution in [0, 0.1) is 28.8 Å². The van der Waals surface area contributed by atoms with Crippen LogP contribution in [-0.2, 0) is 22.6 Å². The average Bonchev–Trinajstić information content (AvgIpc) is 3.18. The molecule has 1 aromatic heterocycles. The fourth-order valence-corrected chi connectivity index (χ4v) is 2.52. The monoisotopic (exact) mass is 401 g/mol. The second-order valence-corrected chi connectivity index (χ2v) is 5.95. The van der Waals surface area contributed by atoms with E-state index in [-0.39, 0.29) is 34.9 Å². The van der Waals surface area contributed by atoms with E-state index >= 15 is 0 Å². The molecular weight excluding hydrogens is 387 g/mol. The fourth-order valence-electron chi connectivity index (χ4n) is 2.52. The summed E-state index contributed by atoms with van der Waals surface area (Å²) >= 11 is 0. The van der Waals surface area contributed by atoms with Crippen molar-refractivity contribution in [3.8, 4) is 17.6 Å². The van der Waals surface area contributed by atoms with E-state index in [1.165, 1.54) is 24.4 Å². The number of carbonyl (C=O) groups is 1. The highest BCUT2D eigenvalue weighted by Gasteiger charge is 2.16. The molecule has 0 amide bonds. The van der Waals surface area contributed by atoms with E-state index in [0.717, 1.165) is 30.0 Å². The van der Waals surface area contributed by atoms with Gasteiger partial charge in [-0.2, -0.15) is 5.26 Å². The molecule has 0 saturated heterocycles. The molecule has 0 aliphatic heterocycles. The van der Waals surface area contributed by atoms with E-state index in [0.29, 0.717) is 0 Å². The van der Waals surface area contributed by atoms with Gasteiger partial charge in [0.15, 0.2) is 0 Å². The molecule has 0 unspecified atom stereocenters. The predicted octanol–water partition coefficient (Wildman–Crippen LogP) is 3.46. The Morgan fingerprint density at radius 1 is 1.10 bits per heavy atom. The van der Waals surface area contributed by atoms with Crippen LogP contribution in [0.3, 0.4) is 0 Å². The SMILES string of the molecule is COC(=O)Cc1cc(F)c(-n2ccc(OCc3ccc(C#N)cc3F)n2)cc1F. The zero-order chi connectivity index (χ0) is 21.0. The number of benzene rings is 2. The molecule has 0 bridgehead atoms. The van der Waals surface area contributed by atoms with Crippen LogP contribution in [0.1, 0.15) is 16.7 Å². The van der Waals surface area contributed by atoms with Crippen LogP contribution in [0.15, 0.2) is 42.6 Å². The minimum absolute atomic E-state index is 0.0622. The number of nitriles is 1. The number of ether oxygens (including phenoxy) is 2. The van der Waals surface area contributed by atoms with E-state index in [4.69, 9.17) is 10.00 Å². The number of carbonyl (C=O) groups excluding carboxylic acids is 1. The molecule has 3 rings (SSSR count). The van der Waals surface area contributed by atoms with Crippen LogP contribution in [0.25, 0.3) is 5.69 Å². The number of esters is 1. The van der Waals surface area contributed by atoms with Gasteiger partial charge in [-0.25, -0.2) is 17.9 Å². The Labute approximate surface area is 163 Å². The quantitative estimate of drug-likeness (QED) is 0.592. The van der Waals surface area contributed by atoms with Crippen molar-refractivity contribution in [2.24, 2.45) is 0 Å². The van der Waals surface area contributed by atoms with Gasteiger partial charge in [-0.3, -0.25) is 4.79 Å². The Morgan fingerprint density at radius 3 is 2.55 bits per heavy atom. The minimum atomic E-state index is -0.793. The van der Waals surface area contributed by atoms with Gasteiger partial charge in [-0.1, -0.05) is 6.07 Å². The summed E-state index contributed by atoms with van der Waals surface area (Å²) in [4.78, 5) is 11.3. The van der Waals surface area contributed by atoms with Crippen molar-refractivity contribution >= 4 is 5.97 Å². The van der Waals surface area contributed by atoms with Crippen molar-refractivity contribution < 1.29 is 27.4 Å². The van der Waals surface area contributed by atoms with Crippen LogP contribution < -0.4 is 4.74 Å². The molecule has 0 N–H and O–H groups in total. The number of rotatable bonds is 6. The lowest BCUT2D eigenvalue weighted by Crippen LogP contribution is -2.08. The van der Waals surface area contributed by atoms with Gasteiger partial charge in [0.25, 0.3) is 0 Å². The molecule has 9 heteroatoms. The summed E-state index contributed by atoms with van der Waals surface area (Å²) in [5.41, 5.74) is 0.0696. The molecule has 0 saturated carbocycles. The number of aromatic nitrogens is 2. The van der Waals surface area contributed by atoms with Crippen LogP contribution in [0.5, 0.6) is 5.88 Å². The second kappa shape index (κ2) is 8.48. The molecule has 3 aromatic rings. The molecule has 0 aliphatic carbocycles. The summed E-state index contributed by atoms with van der Waals surface area (Å²) in [7, 11) is 1.15. The van der Waals surface area contributed by atoms with Crippen LogP contribution in [0.4, 0.5) is 13.2 Å². The molecule has 29 heavy (non-hydrogen) atoms. The highest BCUT2D eigenvalue weighted by atomic mass is 19.1. The lowest BCUT2D eigenvalue weighted by molar-refractivity contribution is -0.139. The van der Waals surface area contributed by atoms with Gasteiger partial charge in [0.1, 0.15) is 29.7 Å². The van der Waals surface area contributed by atoms with Crippen molar-refractivity contribution in [2.75, 3.05) is 7.11 Å². The van der Waals surface area contributed by atoms with Gasteiger partial charge < -0.3 is 9.47 Å². The Balaban J connectivity index is 1.75. The smallest absolute Gasteiger partial charge is 0.310 e. The zero-order valence-electron chi connectivity index (χ0n) is 15.2. The summed E-state index contributed by atoms with van der Waals surface area (Å²) in [6.07, 6.45) is 0.950. The minimum Gasteiger partial charge on any atom is -0.472 e. The first kappa shape index (κ1) is 19.9. The van der Waals surface area contributed by atoms with Gasteiger partial charge in [0, 0.05) is 29.5 Å². The molecule has 0 radical (unpaired) electrons. The lowest BCUT2D eigenvalue weighted by atomic mass is 10.1. The first-order chi connectivity index (χ1) is 13.9. The van der Waals surface area contributed by atoms with Gasteiger partial charge in [-0.05, 0) is 18.2 Å². The summed E-state index contributed by atoms with van der Waals surface area (Å²) in [6.45, 7) is -0.163. The number of halogens is 3. The van der Waals surface area contributed by atoms with Crippen molar-refractivity contribution in [3.63, 3.8) is 0 Å². The van der Waals surface area contributed by atoms with Crippen LogP contribution in [-0.4, -0.2) is 22.9 Å². The normalized spacial score (nSPS) is 10.4. The maximum Gasteiger partial charge on any atom is 0.310 e. The fraction of sp³-hybridized carbons (Fsp3) is 0.150. The van der Waals surface area contributed by atoms with E-state index in [1.807, 2.05) is 6.07 Å². The van der Waals surface area contributed by atoms with Gasteiger partial charge in [0.05, 0.1) is 25.2 Å². The molecular formula is C20H14F3N3O3. The molecule has 148 valence electrons.